The average molecular weight is 605 g/mol. The van der Waals surface area contributed by atoms with E-state index >= 15 is 0 Å². The van der Waals surface area contributed by atoms with E-state index in [1.54, 1.807) is 11.0 Å². The first kappa shape index (κ1) is 33.9. The maximum Gasteiger partial charge on any atom is 0.410 e. The summed E-state index contributed by atoms with van der Waals surface area (Å²) in [7, 11) is 0. The molecule has 9 unspecified atom stereocenters. The molecule has 1 amide bonds. The Bertz CT molecular complexity index is 1120. The molecule has 9 nitrogen and oxygen atoms in total. The number of amides is 1. The highest BCUT2D eigenvalue weighted by molar-refractivity contribution is 5.86. The van der Waals surface area contributed by atoms with Crippen LogP contribution >= 0.6 is 0 Å². The maximum atomic E-state index is 13.8. The van der Waals surface area contributed by atoms with Gasteiger partial charge in [0.15, 0.2) is 0 Å². The van der Waals surface area contributed by atoms with Crippen LogP contribution in [0.5, 0.6) is 0 Å². The minimum Gasteiger partial charge on any atom is -0.458 e. The Morgan fingerprint density at radius 2 is 1.77 bits per heavy atom. The lowest BCUT2D eigenvalue weighted by molar-refractivity contribution is -0.253. The molecule has 1 saturated heterocycles. The first-order valence-electron chi connectivity index (χ1n) is 16.2. The minimum atomic E-state index is -1.09. The number of ketones is 1. The van der Waals surface area contributed by atoms with Gasteiger partial charge in [0.2, 0.25) is 0 Å². The molecule has 2 N–H and O–H groups in total. The van der Waals surface area contributed by atoms with Gasteiger partial charge in [-0.15, -0.1) is 6.58 Å². The molecule has 9 atom stereocenters. The van der Waals surface area contributed by atoms with E-state index in [1.165, 1.54) is 0 Å². The third-order valence-electron chi connectivity index (χ3n) is 12.0. The number of aliphatic hydroxyl groups is 2. The van der Waals surface area contributed by atoms with Crippen molar-refractivity contribution in [3.8, 4) is 0 Å². The summed E-state index contributed by atoms with van der Waals surface area (Å²) >= 11 is 0. The van der Waals surface area contributed by atoms with E-state index in [-0.39, 0.29) is 42.7 Å². The molecular weight excluding hydrogens is 548 g/mol. The van der Waals surface area contributed by atoms with Crippen molar-refractivity contribution in [2.24, 2.45) is 34.0 Å². The molecule has 0 aromatic rings. The Labute approximate surface area is 258 Å². The number of carbonyl (C=O) groups excluding carboxylic acids is 3. The topological polar surface area (TPSA) is 117 Å². The minimum absolute atomic E-state index is 0.0516. The number of aliphatic hydroxyl groups excluding tert-OH is 2. The molecule has 0 aromatic carbocycles. The van der Waals surface area contributed by atoms with Gasteiger partial charge in [0, 0.05) is 48.8 Å². The zero-order valence-electron chi connectivity index (χ0n) is 27.9. The molecule has 4 rings (SSSR count). The molecule has 3 aliphatic carbocycles. The molecule has 9 heteroatoms. The summed E-state index contributed by atoms with van der Waals surface area (Å²) in [5.74, 6) is -0.849. The van der Waals surface area contributed by atoms with E-state index in [0.717, 1.165) is 0 Å². The number of hydrogen-bond donors (Lipinski definition) is 2. The van der Waals surface area contributed by atoms with Crippen molar-refractivity contribution in [3.05, 3.63) is 12.7 Å². The van der Waals surface area contributed by atoms with Crippen molar-refractivity contribution in [3.63, 3.8) is 0 Å². The SMILES string of the molecule is C=CC1(C)CC(O)C2(C)C3C(=O)CCC3(CCC2(C)OC(=O)CN2CCN(C(=O)OC(C)(C)C)CC2C(C)C)C(C)C1O. The molecular formula is C34H56N2O7. The summed E-state index contributed by atoms with van der Waals surface area (Å²) in [5, 5.41) is 23.6. The normalized spacial score (nSPS) is 42.2. The van der Waals surface area contributed by atoms with Crippen LogP contribution in [0.2, 0.25) is 0 Å². The van der Waals surface area contributed by atoms with E-state index in [4.69, 9.17) is 9.47 Å². The fraction of sp³-hybridized carbons (Fsp3) is 0.853. The van der Waals surface area contributed by atoms with Gasteiger partial charge in [0.1, 0.15) is 17.0 Å². The number of esters is 1. The van der Waals surface area contributed by atoms with Crippen LogP contribution in [0.1, 0.15) is 94.4 Å². The van der Waals surface area contributed by atoms with E-state index in [1.807, 2.05) is 48.5 Å². The fourth-order valence-electron chi connectivity index (χ4n) is 9.09. The molecule has 4 aliphatic rings. The van der Waals surface area contributed by atoms with Gasteiger partial charge < -0.3 is 24.6 Å². The maximum absolute atomic E-state index is 13.8. The van der Waals surface area contributed by atoms with Gasteiger partial charge >= 0.3 is 12.1 Å². The van der Waals surface area contributed by atoms with Crippen LogP contribution in [0.25, 0.3) is 0 Å². The van der Waals surface area contributed by atoms with Crippen molar-refractivity contribution in [2.45, 2.75) is 124 Å². The van der Waals surface area contributed by atoms with Gasteiger partial charge in [-0.25, -0.2) is 4.79 Å². The van der Waals surface area contributed by atoms with Crippen LogP contribution in [-0.2, 0) is 19.1 Å². The summed E-state index contributed by atoms with van der Waals surface area (Å²) in [5.41, 5.74) is -3.96. The molecule has 0 spiro atoms. The van der Waals surface area contributed by atoms with Crippen molar-refractivity contribution >= 4 is 17.8 Å². The lowest BCUT2D eigenvalue weighted by Crippen LogP contribution is -2.69. The Balaban J connectivity index is 1.59. The summed E-state index contributed by atoms with van der Waals surface area (Å²) in [6.45, 7) is 22.9. The molecule has 1 heterocycles. The first-order valence-corrected chi connectivity index (χ1v) is 16.2. The molecule has 3 saturated carbocycles. The van der Waals surface area contributed by atoms with Gasteiger partial charge in [-0.3, -0.25) is 14.5 Å². The fourth-order valence-corrected chi connectivity index (χ4v) is 9.09. The number of nitrogens with zero attached hydrogens (tertiary/aromatic N) is 2. The number of Topliss-reactive ketones (excluding diaryl/α,β-unsaturated/α-hetero) is 1. The van der Waals surface area contributed by atoms with E-state index in [0.29, 0.717) is 45.3 Å². The Morgan fingerprint density at radius 3 is 2.35 bits per heavy atom. The lowest BCUT2D eigenvalue weighted by Gasteiger charge is -2.64. The molecule has 1 aliphatic heterocycles. The highest BCUT2D eigenvalue weighted by Gasteiger charge is 2.72. The number of rotatable bonds is 5. The second kappa shape index (κ2) is 11.4. The highest BCUT2D eigenvalue weighted by Crippen LogP contribution is 2.69. The van der Waals surface area contributed by atoms with Crippen molar-refractivity contribution < 1.29 is 34.1 Å². The van der Waals surface area contributed by atoms with Crippen LogP contribution in [0, 0.1) is 34.0 Å². The summed E-state index contributed by atoms with van der Waals surface area (Å²) in [6, 6.07) is -0.0600. The average Bonchev–Trinajstić information content (AvgIpc) is 3.26. The zero-order valence-corrected chi connectivity index (χ0v) is 27.9. The van der Waals surface area contributed by atoms with Crippen LogP contribution in [0.4, 0.5) is 4.79 Å². The number of piperazine rings is 1. The molecule has 0 radical (unpaired) electrons. The van der Waals surface area contributed by atoms with Gasteiger partial charge in [-0.05, 0) is 70.6 Å². The standard InChI is InChI=1S/C34H56N2O7/c1-11-31(8)18-25(38)33(10)27-24(37)12-13-34(27,22(4)28(31)40)15-14-32(33,9)42-26(39)20-35-16-17-36(19-23(35)21(2)3)29(41)43-30(5,6)7/h11,21-23,25,27-28,38,40H,1,12-20H2,2-10H3. The van der Waals surface area contributed by atoms with Crippen molar-refractivity contribution in [1.82, 2.24) is 9.80 Å². The predicted molar refractivity (Wildman–Crippen MR) is 164 cm³/mol. The third-order valence-corrected chi connectivity index (χ3v) is 12.0. The van der Waals surface area contributed by atoms with Crippen LogP contribution < -0.4 is 0 Å². The predicted octanol–water partition coefficient (Wildman–Crippen LogP) is 4.59. The van der Waals surface area contributed by atoms with Crippen LogP contribution in [-0.4, -0.2) is 93.5 Å². The molecule has 0 aromatic heterocycles. The molecule has 43 heavy (non-hydrogen) atoms. The summed E-state index contributed by atoms with van der Waals surface area (Å²) < 4.78 is 12.0. The monoisotopic (exact) mass is 604 g/mol. The van der Waals surface area contributed by atoms with Gasteiger partial charge in [-0.2, -0.15) is 0 Å². The van der Waals surface area contributed by atoms with E-state index in [2.05, 4.69) is 25.3 Å². The molecule has 4 fully saturated rings. The second-order valence-electron chi connectivity index (χ2n) is 16.0. The smallest absolute Gasteiger partial charge is 0.410 e. The Morgan fingerprint density at radius 1 is 1.12 bits per heavy atom. The Hall–Kier alpha value is -1.97. The quantitative estimate of drug-likeness (QED) is 0.346. The Kier molecular flexibility index (Phi) is 9.02. The van der Waals surface area contributed by atoms with E-state index in [9.17, 15) is 24.6 Å². The van der Waals surface area contributed by atoms with Gasteiger partial charge in [-0.1, -0.05) is 40.7 Å². The highest BCUT2D eigenvalue weighted by atomic mass is 16.6. The van der Waals surface area contributed by atoms with Crippen molar-refractivity contribution in [1.29, 1.82) is 0 Å². The van der Waals surface area contributed by atoms with Crippen LogP contribution in [0.15, 0.2) is 12.7 Å². The van der Waals surface area contributed by atoms with Gasteiger partial charge in [0.25, 0.3) is 0 Å². The number of hydrogen-bond acceptors (Lipinski definition) is 8. The number of ether oxygens (including phenoxy) is 2. The molecule has 244 valence electrons. The third kappa shape index (κ3) is 5.67. The van der Waals surface area contributed by atoms with Crippen LogP contribution in [0.3, 0.4) is 0 Å². The summed E-state index contributed by atoms with van der Waals surface area (Å²) in [4.78, 5) is 44.1. The summed E-state index contributed by atoms with van der Waals surface area (Å²) in [6.07, 6.45) is 2.03. The van der Waals surface area contributed by atoms with Gasteiger partial charge in [0.05, 0.1) is 18.8 Å². The number of carbonyl (C=O) groups is 3. The van der Waals surface area contributed by atoms with E-state index < -0.39 is 51.5 Å². The zero-order chi connectivity index (χ0) is 32.3. The lowest BCUT2D eigenvalue weighted by atomic mass is 9.42. The molecule has 2 bridgehead atoms. The largest absolute Gasteiger partial charge is 0.458 e. The van der Waals surface area contributed by atoms with Crippen molar-refractivity contribution in [2.75, 3.05) is 26.2 Å². The first-order chi connectivity index (χ1) is 19.7. The second-order valence-corrected chi connectivity index (χ2v) is 16.0.